The molecule has 7 nitrogen and oxygen atoms in total. The van der Waals surface area contributed by atoms with Crippen LogP contribution in [0.2, 0.25) is 5.02 Å². The van der Waals surface area contributed by atoms with Crippen molar-refractivity contribution in [2.45, 2.75) is 26.4 Å². The number of hydrogen-bond acceptors (Lipinski definition) is 6. The molecule has 2 rings (SSSR count). The number of aliphatic imine (C=N–C) groups is 2. The van der Waals surface area contributed by atoms with Crippen molar-refractivity contribution in [2.24, 2.45) is 9.98 Å². The summed E-state index contributed by atoms with van der Waals surface area (Å²) in [7, 11) is 7.13. The van der Waals surface area contributed by atoms with E-state index in [4.69, 9.17) is 21.2 Å². The van der Waals surface area contributed by atoms with Gasteiger partial charge in [-0.25, -0.2) is 15.0 Å². The van der Waals surface area contributed by atoms with Crippen LogP contribution in [0.3, 0.4) is 0 Å². The number of carbonyl (C=O) groups excluding carboxylic acids is 1. The first-order valence-corrected chi connectivity index (χ1v) is 11.2. The molecule has 0 atom stereocenters. The van der Waals surface area contributed by atoms with Crippen molar-refractivity contribution in [3.05, 3.63) is 64.7 Å². The van der Waals surface area contributed by atoms with E-state index in [9.17, 15) is 4.79 Å². The second-order valence-corrected chi connectivity index (χ2v) is 7.83. The predicted octanol–water partition coefficient (Wildman–Crippen LogP) is 5.04. The molecule has 0 spiro atoms. The van der Waals surface area contributed by atoms with Crippen molar-refractivity contribution in [1.29, 1.82) is 0 Å². The van der Waals surface area contributed by atoms with Gasteiger partial charge in [-0.2, -0.15) is 0 Å². The first-order valence-electron chi connectivity index (χ1n) is 10.9. The van der Waals surface area contributed by atoms with E-state index in [1.54, 1.807) is 25.2 Å². The van der Waals surface area contributed by atoms with Gasteiger partial charge in [-0.05, 0) is 57.7 Å². The van der Waals surface area contributed by atoms with E-state index in [2.05, 4.69) is 35.0 Å². The van der Waals surface area contributed by atoms with Crippen molar-refractivity contribution < 1.29 is 14.4 Å². The van der Waals surface area contributed by atoms with Gasteiger partial charge in [-0.3, -0.25) is 9.63 Å². The third-order valence-corrected chi connectivity index (χ3v) is 4.64. The van der Waals surface area contributed by atoms with Crippen molar-refractivity contribution in [2.75, 3.05) is 47.9 Å². The monoisotopic (exact) mass is 510 g/mol. The molecule has 0 aliphatic rings. The number of benzene rings is 2. The average molecular weight is 511 g/mol. The number of hydroxylamine groups is 2. The molecule has 0 aliphatic carbocycles. The lowest BCUT2D eigenvalue weighted by Gasteiger charge is -2.16. The average Bonchev–Trinajstić information content (AvgIpc) is 2.81. The summed E-state index contributed by atoms with van der Waals surface area (Å²) in [4.78, 5) is 26.9. The van der Waals surface area contributed by atoms with Crippen LogP contribution < -0.4 is 4.74 Å². The molecule has 0 aliphatic heterocycles. The zero-order valence-corrected chi connectivity index (χ0v) is 22.2. The Morgan fingerprint density at radius 2 is 1.79 bits per heavy atom. The summed E-state index contributed by atoms with van der Waals surface area (Å²) < 4.78 is 5.82. The Morgan fingerprint density at radius 1 is 1.09 bits per heavy atom. The quantitative estimate of drug-likeness (QED) is 0.241. The van der Waals surface area contributed by atoms with Crippen LogP contribution in [0.15, 0.2) is 58.5 Å². The third kappa shape index (κ3) is 14.0. The summed E-state index contributed by atoms with van der Waals surface area (Å²) in [6.45, 7) is 5.10. The maximum Gasteiger partial charge on any atom is 0.250 e. The largest absolute Gasteiger partial charge is 0.489 e. The molecule has 9 heteroatoms. The number of amides is 1. The van der Waals surface area contributed by atoms with Gasteiger partial charge in [0.15, 0.2) is 0 Å². The Balaban J connectivity index is 0.000000776. The lowest BCUT2D eigenvalue weighted by atomic mass is 10.1. The first-order chi connectivity index (χ1) is 15.9. The van der Waals surface area contributed by atoms with Crippen LogP contribution in [-0.2, 0) is 22.7 Å². The molecule has 0 fully saturated rings. The zero-order chi connectivity index (χ0) is 24.5. The molecule has 34 heavy (non-hydrogen) atoms. The van der Waals surface area contributed by atoms with E-state index in [1.165, 1.54) is 12.2 Å². The summed E-state index contributed by atoms with van der Waals surface area (Å²) in [5, 5.41) is 1.75. The van der Waals surface area contributed by atoms with Gasteiger partial charge in [0.05, 0.1) is 26.1 Å². The first kappa shape index (κ1) is 31.6. The Labute approximate surface area is 214 Å². The van der Waals surface area contributed by atoms with Gasteiger partial charge in [-0.15, -0.1) is 12.4 Å². The standard InChI is InChI=1S/C17H18ClNO3.C8H17N3.ClH/c1-19(21-2)17(20)11-14-10-15(18)8-9-16(14)22-12-13-6-4-3-5-7-13;1-4-9-8-10-6-5-7-11(2)3;/h3-10H,11-12H2,1-2H3;4-7H2,1-3H3;1H. The number of halogens is 2. The number of rotatable bonds is 11. The summed E-state index contributed by atoms with van der Waals surface area (Å²) in [6.07, 6.45) is 1.24. The number of likely N-dealkylation sites (N-methyl/N-ethyl adjacent to an activating group) is 1. The van der Waals surface area contributed by atoms with Crippen LogP contribution in [-0.4, -0.2) is 69.8 Å². The molecule has 0 saturated carbocycles. The fraction of sp³-hybridized carbons (Fsp3) is 0.440. The molecule has 0 N–H and O–H groups in total. The summed E-state index contributed by atoms with van der Waals surface area (Å²) in [5.74, 6) is 0.473. The topological polar surface area (TPSA) is 66.7 Å². The van der Waals surface area contributed by atoms with Crippen LogP contribution in [0.1, 0.15) is 24.5 Å². The normalized spacial score (nSPS) is 9.74. The minimum Gasteiger partial charge on any atom is -0.489 e. The van der Waals surface area contributed by atoms with Crippen LogP contribution in [0.4, 0.5) is 0 Å². The molecule has 2 aromatic rings. The number of carbonyl (C=O) groups is 1. The molecule has 1 amide bonds. The molecule has 0 radical (unpaired) electrons. The number of ether oxygens (including phenoxy) is 1. The molecular formula is C25H36Cl2N4O3. The van der Waals surface area contributed by atoms with Crippen LogP contribution in [0.25, 0.3) is 0 Å². The smallest absolute Gasteiger partial charge is 0.250 e. The highest BCUT2D eigenvalue weighted by Crippen LogP contribution is 2.25. The van der Waals surface area contributed by atoms with E-state index < -0.39 is 0 Å². The van der Waals surface area contributed by atoms with E-state index in [1.807, 2.05) is 37.3 Å². The Hall–Kier alpha value is -2.41. The molecule has 188 valence electrons. The summed E-state index contributed by atoms with van der Waals surface area (Å²) in [5.41, 5.74) is 1.79. The Kier molecular flexibility index (Phi) is 17.6. The van der Waals surface area contributed by atoms with Gasteiger partial charge < -0.3 is 9.64 Å². The number of hydrogen-bond donors (Lipinski definition) is 0. The molecule has 0 bridgehead atoms. The lowest BCUT2D eigenvalue weighted by molar-refractivity contribution is -0.167. The van der Waals surface area contributed by atoms with E-state index in [0.717, 1.165) is 37.2 Å². The molecule has 2 aromatic carbocycles. The fourth-order valence-corrected chi connectivity index (χ4v) is 2.77. The second kappa shape index (κ2) is 19.0. The van der Waals surface area contributed by atoms with Crippen molar-refractivity contribution >= 4 is 35.9 Å². The molecule has 0 heterocycles. The van der Waals surface area contributed by atoms with Crippen molar-refractivity contribution in [3.8, 4) is 5.75 Å². The minimum atomic E-state index is -0.172. The molecule has 0 unspecified atom stereocenters. The van der Waals surface area contributed by atoms with Crippen molar-refractivity contribution in [1.82, 2.24) is 9.96 Å². The maximum absolute atomic E-state index is 12.0. The van der Waals surface area contributed by atoms with E-state index in [-0.39, 0.29) is 24.7 Å². The van der Waals surface area contributed by atoms with Crippen molar-refractivity contribution in [3.63, 3.8) is 0 Å². The Morgan fingerprint density at radius 3 is 2.41 bits per heavy atom. The van der Waals surface area contributed by atoms with Crippen LogP contribution >= 0.6 is 24.0 Å². The highest BCUT2D eigenvalue weighted by molar-refractivity contribution is 6.30. The SMILES string of the molecule is CCN=C=NCCCN(C)C.CON(C)C(=O)Cc1cc(Cl)ccc1OCc1ccccc1.Cl. The second-order valence-electron chi connectivity index (χ2n) is 7.39. The van der Waals surface area contributed by atoms with Gasteiger partial charge in [0, 0.05) is 24.2 Å². The van der Waals surface area contributed by atoms with E-state index in [0.29, 0.717) is 17.4 Å². The predicted molar refractivity (Wildman–Crippen MR) is 141 cm³/mol. The summed E-state index contributed by atoms with van der Waals surface area (Å²) in [6, 6.07) is 17.7. The minimum absolute atomic E-state index is 0. The van der Waals surface area contributed by atoms with Gasteiger partial charge in [0.25, 0.3) is 0 Å². The summed E-state index contributed by atoms with van der Waals surface area (Å²) >= 11 is 6.02. The van der Waals surface area contributed by atoms with Gasteiger partial charge in [-0.1, -0.05) is 41.9 Å². The molecular weight excluding hydrogens is 475 g/mol. The van der Waals surface area contributed by atoms with Crippen LogP contribution in [0.5, 0.6) is 5.75 Å². The number of nitrogens with zero attached hydrogens (tertiary/aromatic N) is 4. The van der Waals surface area contributed by atoms with E-state index >= 15 is 0 Å². The van der Waals surface area contributed by atoms with Crippen LogP contribution in [0, 0.1) is 0 Å². The maximum atomic E-state index is 12.0. The fourth-order valence-electron chi connectivity index (χ4n) is 2.58. The highest BCUT2D eigenvalue weighted by Gasteiger charge is 2.14. The molecule has 0 saturated heterocycles. The molecule has 0 aromatic heterocycles. The van der Waals surface area contributed by atoms with Gasteiger partial charge in [0.2, 0.25) is 5.91 Å². The third-order valence-electron chi connectivity index (χ3n) is 4.40. The zero-order valence-electron chi connectivity index (χ0n) is 20.7. The van der Waals surface area contributed by atoms with Gasteiger partial charge >= 0.3 is 0 Å². The van der Waals surface area contributed by atoms with Gasteiger partial charge in [0.1, 0.15) is 12.4 Å². The highest BCUT2D eigenvalue weighted by atomic mass is 35.5. The Bertz CT molecular complexity index is 889. The lowest BCUT2D eigenvalue weighted by Crippen LogP contribution is -2.27.